The van der Waals surface area contributed by atoms with Crippen molar-refractivity contribution in [1.82, 2.24) is 10.2 Å². The molecule has 0 saturated carbocycles. The molecule has 5 nitrogen and oxygen atoms in total. The Labute approximate surface area is 188 Å². The van der Waals surface area contributed by atoms with Crippen LogP contribution in [0.4, 0.5) is 0 Å². The van der Waals surface area contributed by atoms with Gasteiger partial charge < -0.3 is 15.0 Å². The van der Waals surface area contributed by atoms with Crippen molar-refractivity contribution in [3.63, 3.8) is 0 Å². The van der Waals surface area contributed by atoms with Crippen LogP contribution in [0.1, 0.15) is 38.8 Å². The Bertz CT molecular complexity index is 849. The van der Waals surface area contributed by atoms with Crippen LogP contribution in [0.2, 0.25) is 10.0 Å². The van der Waals surface area contributed by atoms with E-state index in [0.29, 0.717) is 21.4 Å². The SMILES string of the molecule is CCc1ccc(OCC(=O)N(Cc2c(Cl)cccc2Cl)C(C)C(=O)NC(C)C)cc1. The third-order valence-corrected chi connectivity index (χ3v) is 5.39. The van der Waals surface area contributed by atoms with Crippen LogP contribution < -0.4 is 10.1 Å². The number of hydrogen-bond donors (Lipinski definition) is 1. The summed E-state index contributed by atoms with van der Waals surface area (Å²) in [5.74, 6) is 0.00125. The monoisotopic (exact) mass is 450 g/mol. The minimum absolute atomic E-state index is 0.0471. The fourth-order valence-electron chi connectivity index (χ4n) is 2.89. The number of hydrogen-bond acceptors (Lipinski definition) is 3. The first kappa shape index (κ1) is 24.0. The molecule has 30 heavy (non-hydrogen) atoms. The molecule has 1 unspecified atom stereocenters. The summed E-state index contributed by atoms with van der Waals surface area (Å²) in [4.78, 5) is 27.1. The highest BCUT2D eigenvalue weighted by molar-refractivity contribution is 6.36. The fraction of sp³-hybridized carbons (Fsp3) is 0.391. The van der Waals surface area contributed by atoms with E-state index in [1.807, 2.05) is 38.1 Å². The first-order chi connectivity index (χ1) is 14.2. The molecule has 0 bridgehead atoms. The Morgan fingerprint density at radius 3 is 2.17 bits per heavy atom. The number of rotatable bonds is 9. The quantitative estimate of drug-likeness (QED) is 0.592. The van der Waals surface area contributed by atoms with Gasteiger partial charge in [-0.05, 0) is 57.0 Å². The number of halogens is 2. The lowest BCUT2D eigenvalue weighted by molar-refractivity contribution is -0.142. The number of amides is 2. The summed E-state index contributed by atoms with van der Waals surface area (Å²) in [6, 6.07) is 11.9. The third kappa shape index (κ3) is 6.64. The van der Waals surface area contributed by atoms with Crippen molar-refractivity contribution in [2.24, 2.45) is 0 Å². The molecule has 0 aliphatic heterocycles. The van der Waals surface area contributed by atoms with Crippen molar-refractivity contribution < 1.29 is 14.3 Å². The van der Waals surface area contributed by atoms with E-state index in [9.17, 15) is 9.59 Å². The van der Waals surface area contributed by atoms with Crippen LogP contribution in [0.5, 0.6) is 5.75 Å². The van der Waals surface area contributed by atoms with Crippen LogP contribution in [0.3, 0.4) is 0 Å². The molecular weight excluding hydrogens is 423 g/mol. The minimum atomic E-state index is -0.724. The molecule has 0 aliphatic carbocycles. The number of benzene rings is 2. The highest BCUT2D eigenvalue weighted by atomic mass is 35.5. The van der Waals surface area contributed by atoms with E-state index in [1.54, 1.807) is 25.1 Å². The van der Waals surface area contributed by atoms with Gasteiger partial charge >= 0.3 is 0 Å². The van der Waals surface area contributed by atoms with Gasteiger partial charge in [0, 0.05) is 28.2 Å². The molecule has 2 aromatic carbocycles. The second-order valence-electron chi connectivity index (χ2n) is 7.35. The van der Waals surface area contributed by atoms with Crippen molar-refractivity contribution in [1.29, 1.82) is 0 Å². The molecule has 0 aromatic heterocycles. The molecule has 0 spiro atoms. The van der Waals surface area contributed by atoms with Crippen molar-refractivity contribution in [2.45, 2.75) is 52.7 Å². The number of aryl methyl sites for hydroxylation is 1. The maximum Gasteiger partial charge on any atom is 0.261 e. The standard InChI is InChI=1S/C23H28Cl2N2O3/c1-5-17-9-11-18(12-10-17)30-14-22(28)27(16(4)23(29)26-15(2)3)13-19-20(24)7-6-8-21(19)25/h6-12,15-16H,5,13-14H2,1-4H3,(H,26,29). The van der Waals surface area contributed by atoms with Gasteiger partial charge in [-0.2, -0.15) is 0 Å². The summed E-state index contributed by atoms with van der Waals surface area (Å²) in [5, 5.41) is 3.72. The predicted octanol–water partition coefficient (Wildman–Crippen LogP) is 4.88. The molecule has 0 saturated heterocycles. The zero-order chi connectivity index (χ0) is 22.3. The maximum atomic E-state index is 13.0. The Morgan fingerprint density at radius 2 is 1.63 bits per heavy atom. The molecule has 0 aliphatic rings. The molecule has 2 rings (SSSR count). The molecule has 7 heteroatoms. The smallest absolute Gasteiger partial charge is 0.261 e. The molecule has 2 amide bonds. The first-order valence-electron chi connectivity index (χ1n) is 9.97. The van der Waals surface area contributed by atoms with Crippen molar-refractivity contribution in [3.05, 3.63) is 63.6 Å². The Balaban J connectivity index is 2.20. The van der Waals surface area contributed by atoms with Crippen LogP contribution in [-0.2, 0) is 22.6 Å². The molecule has 2 aromatic rings. The van der Waals surface area contributed by atoms with Crippen LogP contribution in [-0.4, -0.2) is 35.4 Å². The van der Waals surface area contributed by atoms with E-state index in [-0.39, 0.29) is 31.0 Å². The maximum absolute atomic E-state index is 13.0. The number of carbonyl (C=O) groups excluding carboxylic acids is 2. The van der Waals surface area contributed by atoms with E-state index in [0.717, 1.165) is 6.42 Å². The van der Waals surface area contributed by atoms with Gasteiger partial charge in [-0.3, -0.25) is 9.59 Å². The lowest BCUT2D eigenvalue weighted by atomic mass is 10.1. The summed E-state index contributed by atoms with van der Waals surface area (Å²) >= 11 is 12.6. The summed E-state index contributed by atoms with van der Waals surface area (Å²) in [5.41, 5.74) is 1.77. The number of nitrogens with zero attached hydrogens (tertiary/aromatic N) is 1. The van der Waals surface area contributed by atoms with Gasteiger partial charge in [-0.15, -0.1) is 0 Å². The zero-order valence-corrected chi connectivity index (χ0v) is 19.3. The van der Waals surface area contributed by atoms with E-state index in [4.69, 9.17) is 27.9 Å². The second kappa shape index (κ2) is 11.2. The van der Waals surface area contributed by atoms with Crippen LogP contribution >= 0.6 is 23.2 Å². The Morgan fingerprint density at radius 1 is 1.03 bits per heavy atom. The van der Waals surface area contributed by atoms with Gasteiger partial charge in [0.2, 0.25) is 5.91 Å². The van der Waals surface area contributed by atoms with E-state index >= 15 is 0 Å². The van der Waals surface area contributed by atoms with Gasteiger partial charge in [-0.25, -0.2) is 0 Å². The van der Waals surface area contributed by atoms with Crippen molar-refractivity contribution in [3.8, 4) is 5.75 Å². The molecular formula is C23H28Cl2N2O3. The molecule has 1 N–H and O–H groups in total. The summed E-state index contributed by atoms with van der Waals surface area (Å²) < 4.78 is 5.67. The predicted molar refractivity (Wildman–Crippen MR) is 121 cm³/mol. The Kier molecular flexibility index (Phi) is 9.00. The minimum Gasteiger partial charge on any atom is -0.484 e. The van der Waals surface area contributed by atoms with Gasteiger partial charge in [0.05, 0.1) is 0 Å². The highest BCUT2D eigenvalue weighted by Crippen LogP contribution is 2.26. The Hall–Kier alpha value is -2.24. The molecule has 1 atom stereocenters. The normalized spacial score (nSPS) is 11.8. The molecule has 0 fully saturated rings. The van der Waals surface area contributed by atoms with Gasteiger partial charge in [0.15, 0.2) is 6.61 Å². The molecule has 162 valence electrons. The summed E-state index contributed by atoms with van der Waals surface area (Å²) in [6.07, 6.45) is 0.925. The van der Waals surface area contributed by atoms with Crippen molar-refractivity contribution in [2.75, 3.05) is 6.61 Å². The lowest BCUT2D eigenvalue weighted by Crippen LogP contribution is -2.50. The largest absolute Gasteiger partial charge is 0.484 e. The topological polar surface area (TPSA) is 58.6 Å². The third-order valence-electron chi connectivity index (χ3n) is 4.68. The molecule has 0 heterocycles. The van der Waals surface area contributed by atoms with E-state index in [1.165, 1.54) is 10.5 Å². The fourth-order valence-corrected chi connectivity index (χ4v) is 3.41. The lowest BCUT2D eigenvalue weighted by Gasteiger charge is -2.30. The average molecular weight is 451 g/mol. The van der Waals surface area contributed by atoms with Crippen LogP contribution in [0, 0.1) is 0 Å². The highest BCUT2D eigenvalue weighted by Gasteiger charge is 2.28. The van der Waals surface area contributed by atoms with E-state index < -0.39 is 6.04 Å². The summed E-state index contributed by atoms with van der Waals surface area (Å²) in [6.45, 7) is 7.38. The molecule has 0 radical (unpaired) electrons. The number of ether oxygens (including phenoxy) is 1. The van der Waals surface area contributed by atoms with Gasteiger partial charge in [-0.1, -0.05) is 48.3 Å². The number of carbonyl (C=O) groups is 2. The second-order valence-corrected chi connectivity index (χ2v) is 8.16. The first-order valence-corrected chi connectivity index (χ1v) is 10.7. The van der Waals surface area contributed by atoms with Gasteiger partial charge in [0.25, 0.3) is 5.91 Å². The number of nitrogens with one attached hydrogen (secondary N) is 1. The van der Waals surface area contributed by atoms with Crippen molar-refractivity contribution >= 4 is 35.0 Å². The zero-order valence-electron chi connectivity index (χ0n) is 17.7. The van der Waals surface area contributed by atoms with E-state index in [2.05, 4.69) is 12.2 Å². The van der Waals surface area contributed by atoms with Crippen LogP contribution in [0.25, 0.3) is 0 Å². The summed E-state index contributed by atoms with van der Waals surface area (Å²) in [7, 11) is 0. The van der Waals surface area contributed by atoms with Gasteiger partial charge in [0.1, 0.15) is 11.8 Å². The van der Waals surface area contributed by atoms with Crippen LogP contribution in [0.15, 0.2) is 42.5 Å². The average Bonchev–Trinajstić information content (AvgIpc) is 2.71.